The Morgan fingerprint density at radius 3 is 2.89 bits per heavy atom. The average molecular weight is 367 g/mol. The molecule has 1 atom stereocenters. The number of hydrogen-bond donors (Lipinski definition) is 1. The van der Waals surface area contributed by atoms with Gasteiger partial charge in [-0.15, -0.1) is 0 Å². The first-order valence-corrected chi connectivity index (χ1v) is 6.43. The van der Waals surface area contributed by atoms with Gasteiger partial charge in [0.25, 0.3) is 5.92 Å². The number of alkyl halides is 2. The summed E-state index contributed by atoms with van der Waals surface area (Å²) >= 11 is 1.84. The van der Waals surface area contributed by atoms with Crippen molar-refractivity contribution in [2.75, 3.05) is 6.54 Å². The monoisotopic (exact) mass is 367 g/mol. The van der Waals surface area contributed by atoms with E-state index in [2.05, 4.69) is 4.99 Å². The van der Waals surface area contributed by atoms with Crippen molar-refractivity contribution in [3.63, 3.8) is 0 Å². The summed E-state index contributed by atoms with van der Waals surface area (Å²) in [5.74, 6) is -3.17. The fraction of sp³-hybridized carbons (Fsp3) is 0.364. The third-order valence-corrected chi connectivity index (χ3v) is 4.05. The van der Waals surface area contributed by atoms with E-state index in [1.807, 2.05) is 22.6 Å². The SMILES string of the molecule is NC1=Nc2cc(F)c(I)cc2[C@H]2CC(F)(F)CN12. The second kappa shape index (κ2) is 3.75. The molecule has 18 heavy (non-hydrogen) atoms. The number of benzene rings is 1. The molecule has 0 aliphatic carbocycles. The molecule has 0 aromatic heterocycles. The number of rotatable bonds is 0. The Kier molecular flexibility index (Phi) is 2.51. The quantitative estimate of drug-likeness (QED) is 0.717. The topological polar surface area (TPSA) is 41.6 Å². The molecule has 3 nitrogen and oxygen atoms in total. The summed E-state index contributed by atoms with van der Waals surface area (Å²) in [6.07, 6.45) is -0.308. The van der Waals surface area contributed by atoms with E-state index >= 15 is 0 Å². The van der Waals surface area contributed by atoms with Gasteiger partial charge in [-0.1, -0.05) is 0 Å². The second-order valence-corrected chi connectivity index (χ2v) is 5.66. The van der Waals surface area contributed by atoms with Crippen LogP contribution in [-0.2, 0) is 0 Å². The van der Waals surface area contributed by atoms with Crippen molar-refractivity contribution in [1.82, 2.24) is 4.90 Å². The lowest BCUT2D eigenvalue weighted by Gasteiger charge is -2.30. The van der Waals surface area contributed by atoms with Crippen LogP contribution in [0.5, 0.6) is 0 Å². The zero-order chi connectivity index (χ0) is 13.1. The van der Waals surface area contributed by atoms with Crippen molar-refractivity contribution in [1.29, 1.82) is 0 Å². The molecule has 2 heterocycles. The molecule has 96 valence electrons. The first-order chi connectivity index (χ1) is 8.37. The van der Waals surface area contributed by atoms with Gasteiger partial charge in [0.2, 0.25) is 0 Å². The van der Waals surface area contributed by atoms with Gasteiger partial charge in [-0.05, 0) is 28.7 Å². The standard InChI is InChI=1S/C11H9F3IN3/c12-6-2-8-5(1-7(6)15)9-3-11(13,14)4-18(9)10(16)17-8/h1-2,9H,3-4H2,(H2,16,17)/t9-/m1/s1. The van der Waals surface area contributed by atoms with Crippen LogP contribution in [0.4, 0.5) is 18.9 Å². The van der Waals surface area contributed by atoms with Crippen LogP contribution in [0.15, 0.2) is 17.1 Å². The normalized spacial score (nSPS) is 24.6. The highest BCUT2D eigenvalue weighted by Gasteiger charge is 2.48. The van der Waals surface area contributed by atoms with Gasteiger partial charge in [-0.2, -0.15) is 0 Å². The number of guanidine groups is 1. The van der Waals surface area contributed by atoms with Crippen LogP contribution in [0.25, 0.3) is 0 Å². The maximum absolute atomic E-state index is 13.5. The highest BCUT2D eigenvalue weighted by molar-refractivity contribution is 14.1. The molecule has 0 spiro atoms. The van der Waals surface area contributed by atoms with Crippen LogP contribution in [0, 0.1) is 9.39 Å². The zero-order valence-electron chi connectivity index (χ0n) is 9.13. The largest absolute Gasteiger partial charge is 0.369 e. The Bertz CT molecular complexity index is 559. The highest BCUT2D eigenvalue weighted by Crippen LogP contribution is 2.46. The van der Waals surface area contributed by atoms with E-state index < -0.39 is 24.3 Å². The maximum Gasteiger partial charge on any atom is 0.267 e. The first-order valence-electron chi connectivity index (χ1n) is 5.35. The van der Waals surface area contributed by atoms with Crippen molar-refractivity contribution < 1.29 is 13.2 Å². The third-order valence-electron chi connectivity index (χ3n) is 3.23. The third kappa shape index (κ3) is 1.75. The molecule has 2 aliphatic heterocycles. The van der Waals surface area contributed by atoms with Crippen molar-refractivity contribution in [2.24, 2.45) is 10.7 Å². The molecule has 0 radical (unpaired) electrons. The Morgan fingerprint density at radius 2 is 2.17 bits per heavy atom. The molecule has 1 aromatic rings. The van der Waals surface area contributed by atoms with Crippen LogP contribution >= 0.6 is 22.6 Å². The van der Waals surface area contributed by atoms with Crippen LogP contribution in [0.1, 0.15) is 18.0 Å². The lowest BCUT2D eigenvalue weighted by molar-refractivity contribution is 0.0165. The molecule has 0 saturated carbocycles. The fourth-order valence-electron chi connectivity index (χ4n) is 2.44. The Morgan fingerprint density at radius 1 is 1.44 bits per heavy atom. The van der Waals surface area contributed by atoms with Crippen LogP contribution < -0.4 is 5.73 Å². The molecular formula is C11H9F3IN3. The summed E-state index contributed by atoms with van der Waals surface area (Å²) in [5, 5.41) is 0. The Balaban J connectivity index is 2.14. The van der Waals surface area contributed by atoms with Gasteiger partial charge in [0.1, 0.15) is 5.82 Å². The van der Waals surface area contributed by atoms with Crippen molar-refractivity contribution in [3.8, 4) is 0 Å². The first kappa shape index (κ1) is 12.1. The molecule has 1 saturated heterocycles. The number of nitrogens with two attached hydrogens (primary N) is 1. The summed E-state index contributed by atoms with van der Waals surface area (Å²) in [4.78, 5) is 5.38. The number of fused-ring (bicyclic) bond motifs is 3. The number of aliphatic imine (C=N–C) groups is 1. The predicted octanol–water partition coefficient (Wildman–Crippen LogP) is 2.77. The minimum absolute atomic E-state index is 0.0327. The molecule has 3 rings (SSSR count). The molecule has 0 amide bonds. The second-order valence-electron chi connectivity index (χ2n) is 4.50. The van der Waals surface area contributed by atoms with E-state index in [-0.39, 0.29) is 12.4 Å². The van der Waals surface area contributed by atoms with Gasteiger partial charge >= 0.3 is 0 Å². The van der Waals surface area contributed by atoms with Crippen LogP contribution in [0.3, 0.4) is 0 Å². The summed E-state index contributed by atoms with van der Waals surface area (Å²) in [6.45, 7) is -0.430. The Hall–Kier alpha value is -0.990. The molecule has 2 N–H and O–H groups in total. The van der Waals surface area contributed by atoms with Gasteiger partial charge in [-0.25, -0.2) is 18.2 Å². The average Bonchev–Trinajstić information content (AvgIpc) is 2.58. The van der Waals surface area contributed by atoms with E-state index in [9.17, 15) is 13.2 Å². The van der Waals surface area contributed by atoms with Gasteiger partial charge in [0.05, 0.1) is 18.3 Å². The number of nitrogens with zero attached hydrogens (tertiary/aromatic N) is 2. The molecule has 7 heteroatoms. The molecular weight excluding hydrogens is 358 g/mol. The summed E-state index contributed by atoms with van der Waals surface area (Å²) in [5.41, 5.74) is 6.63. The van der Waals surface area contributed by atoms with Gasteiger partial charge in [0.15, 0.2) is 5.96 Å². The van der Waals surface area contributed by atoms with Gasteiger partial charge < -0.3 is 10.6 Å². The zero-order valence-corrected chi connectivity index (χ0v) is 11.3. The summed E-state index contributed by atoms with van der Waals surface area (Å²) in [6, 6.07) is 2.31. The lowest BCUT2D eigenvalue weighted by Crippen LogP contribution is -2.40. The van der Waals surface area contributed by atoms with E-state index in [0.717, 1.165) is 0 Å². The summed E-state index contributed by atoms with van der Waals surface area (Å²) in [7, 11) is 0. The minimum atomic E-state index is -2.79. The van der Waals surface area contributed by atoms with E-state index in [4.69, 9.17) is 5.73 Å². The van der Waals surface area contributed by atoms with Crippen LogP contribution in [-0.4, -0.2) is 23.3 Å². The van der Waals surface area contributed by atoms with Gasteiger partial charge in [-0.3, -0.25) is 0 Å². The Labute approximate surface area is 115 Å². The smallest absolute Gasteiger partial charge is 0.267 e. The highest BCUT2D eigenvalue weighted by atomic mass is 127. The maximum atomic E-state index is 13.5. The van der Waals surface area contributed by atoms with Crippen molar-refractivity contribution >= 4 is 34.2 Å². The minimum Gasteiger partial charge on any atom is -0.369 e. The molecule has 2 aliphatic rings. The van der Waals surface area contributed by atoms with Crippen molar-refractivity contribution in [2.45, 2.75) is 18.4 Å². The van der Waals surface area contributed by atoms with Crippen molar-refractivity contribution in [3.05, 3.63) is 27.1 Å². The summed E-state index contributed by atoms with van der Waals surface area (Å²) < 4.78 is 40.8. The molecule has 0 unspecified atom stereocenters. The lowest BCUT2D eigenvalue weighted by atomic mass is 10.0. The molecule has 0 bridgehead atoms. The van der Waals surface area contributed by atoms with E-state index in [0.29, 0.717) is 14.8 Å². The van der Waals surface area contributed by atoms with E-state index in [1.165, 1.54) is 11.0 Å². The van der Waals surface area contributed by atoms with E-state index in [1.54, 1.807) is 6.07 Å². The molecule has 1 fully saturated rings. The van der Waals surface area contributed by atoms with Gasteiger partial charge in [0, 0.05) is 21.6 Å². The number of hydrogen-bond acceptors (Lipinski definition) is 3. The fourth-order valence-corrected chi connectivity index (χ4v) is 2.93. The van der Waals surface area contributed by atoms with Crippen LogP contribution in [0.2, 0.25) is 0 Å². The predicted molar refractivity (Wildman–Crippen MR) is 69.4 cm³/mol. The number of halogens is 4. The molecule has 1 aromatic carbocycles.